The number of ether oxygens (including phenoxy) is 1. The molecule has 0 N–H and O–H groups in total. The first-order valence-electron chi connectivity index (χ1n) is 4.98. The first-order chi connectivity index (χ1) is 7.15. The number of hydrogen-bond donors (Lipinski definition) is 0. The van der Waals surface area contributed by atoms with Crippen LogP contribution in [0.5, 0.6) is 0 Å². The monoisotopic (exact) mass is 230 g/mol. The van der Waals surface area contributed by atoms with Crippen LogP contribution in [0.2, 0.25) is 5.02 Å². The maximum Gasteiger partial charge on any atom is 0.305 e. The van der Waals surface area contributed by atoms with Crippen molar-refractivity contribution in [2.45, 2.75) is 33.2 Å². The van der Waals surface area contributed by atoms with Gasteiger partial charge in [0, 0.05) is 13.0 Å². The summed E-state index contributed by atoms with van der Waals surface area (Å²) in [6, 6.07) is 0. The topological polar surface area (TPSA) is 44.1 Å². The van der Waals surface area contributed by atoms with Crippen LogP contribution in [0.25, 0.3) is 0 Å². The minimum absolute atomic E-state index is 0.159. The Morgan fingerprint density at radius 2 is 2.40 bits per heavy atom. The standard InChI is InChI=1S/C10H15ClN2O2/c1-3-15-10(14)5-4-6-13-8(2)9(11)7-12-13/h7H,3-6H2,1-2H3. The average Bonchev–Trinajstić information content (AvgIpc) is 2.50. The lowest BCUT2D eigenvalue weighted by atomic mass is 10.3. The summed E-state index contributed by atoms with van der Waals surface area (Å²) >= 11 is 5.85. The van der Waals surface area contributed by atoms with Gasteiger partial charge in [-0.15, -0.1) is 0 Å². The molecule has 1 aromatic rings. The van der Waals surface area contributed by atoms with Gasteiger partial charge in [0.15, 0.2) is 0 Å². The van der Waals surface area contributed by atoms with E-state index in [-0.39, 0.29) is 5.97 Å². The van der Waals surface area contributed by atoms with E-state index in [0.717, 1.165) is 12.1 Å². The molecule has 0 bridgehead atoms. The molecule has 0 fully saturated rings. The summed E-state index contributed by atoms with van der Waals surface area (Å²) in [5.41, 5.74) is 0.931. The Morgan fingerprint density at radius 3 is 2.93 bits per heavy atom. The van der Waals surface area contributed by atoms with Gasteiger partial charge in [-0.2, -0.15) is 5.10 Å². The Morgan fingerprint density at radius 1 is 1.67 bits per heavy atom. The quantitative estimate of drug-likeness (QED) is 0.729. The first-order valence-corrected chi connectivity index (χ1v) is 5.36. The molecule has 1 aromatic heterocycles. The van der Waals surface area contributed by atoms with Crippen molar-refractivity contribution in [1.82, 2.24) is 9.78 Å². The van der Waals surface area contributed by atoms with Gasteiger partial charge in [-0.3, -0.25) is 9.48 Å². The molecule has 0 aromatic carbocycles. The lowest BCUT2D eigenvalue weighted by molar-refractivity contribution is -0.143. The summed E-state index contributed by atoms with van der Waals surface area (Å²) < 4.78 is 6.61. The molecule has 84 valence electrons. The fourth-order valence-electron chi connectivity index (χ4n) is 1.26. The van der Waals surface area contributed by atoms with E-state index in [9.17, 15) is 4.79 Å². The molecular weight excluding hydrogens is 216 g/mol. The third kappa shape index (κ3) is 3.55. The molecule has 0 aliphatic rings. The van der Waals surface area contributed by atoms with Crippen molar-refractivity contribution in [3.05, 3.63) is 16.9 Å². The fourth-order valence-corrected chi connectivity index (χ4v) is 1.40. The van der Waals surface area contributed by atoms with Crippen LogP contribution in [0.3, 0.4) is 0 Å². The Bertz CT molecular complexity index is 336. The molecule has 5 heteroatoms. The van der Waals surface area contributed by atoms with E-state index in [4.69, 9.17) is 16.3 Å². The highest BCUT2D eigenvalue weighted by atomic mass is 35.5. The molecule has 1 heterocycles. The number of carbonyl (C=O) groups is 1. The van der Waals surface area contributed by atoms with Gasteiger partial charge in [0.05, 0.1) is 23.5 Å². The van der Waals surface area contributed by atoms with Gasteiger partial charge in [-0.25, -0.2) is 0 Å². The summed E-state index contributed by atoms with van der Waals surface area (Å²) in [6.45, 7) is 4.83. The van der Waals surface area contributed by atoms with Crippen LogP contribution >= 0.6 is 11.6 Å². The zero-order valence-corrected chi connectivity index (χ0v) is 9.75. The van der Waals surface area contributed by atoms with Crippen molar-refractivity contribution in [3.63, 3.8) is 0 Å². The molecule has 15 heavy (non-hydrogen) atoms. The number of carbonyl (C=O) groups excluding carboxylic acids is 1. The highest BCUT2D eigenvalue weighted by molar-refractivity contribution is 6.31. The van der Waals surface area contributed by atoms with Gasteiger partial charge in [0.25, 0.3) is 0 Å². The number of halogens is 1. The number of hydrogen-bond acceptors (Lipinski definition) is 3. The van der Waals surface area contributed by atoms with Gasteiger partial charge in [-0.1, -0.05) is 11.6 Å². The third-order valence-electron chi connectivity index (χ3n) is 2.10. The fraction of sp³-hybridized carbons (Fsp3) is 0.600. The second kappa shape index (κ2) is 5.75. The van der Waals surface area contributed by atoms with Crippen LogP contribution in [0.4, 0.5) is 0 Å². The van der Waals surface area contributed by atoms with E-state index < -0.39 is 0 Å². The van der Waals surface area contributed by atoms with E-state index in [1.807, 2.05) is 6.92 Å². The predicted molar refractivity (Wildman–Crippen MR) is 57.8 cm³/mol. The van der Waals surface area contributed by atoms with Gasteiger partial charge in [0.2, 0.25) is 0 Å². The maximum atomic E-state index is 11.0. The SMILES string of the molecule is CCOC(=O)CCCn1ncc(Cl)c1C. The molecule has 0 amide bonds. The van der Waals surface area contributed by atoms with Crippen molar-refractivity contribution >= 4 is 17.6 Å². The Kier molecular flexibility index (Phi) is 4.62. The van der Waals surface area contributed by atoms with Crippen LogP contribution in [0.1, 0.15) is 25.5 Å². The summed E-state index contributed by atoms with van der Waals surface area (Å²) in [5, 5.41) is 4.75. The minimum Gasteiger partial charge on any atom is -0.466 e. The van der Waals surface area contributed by atoms with E-state index in [1.165, 1.54) is 0 Å². The summed E-state index contributed by atoms with van der Waals surface area (Å²) in [7, 11) is 0. The van der Waals surface area contributed by atoms with Crippen LogP contribution in [-0.2, 0) is 16.1 Å². The number of esters is 1. The Labute approximate surface area is 94.2 Å². The number of aryl methyl sites for hydroxylation is 1. The molecule has 1 rings (SSSR count). The summed E-state index contributed by atoms with van der Waals surface area (Å²) in [5.74, 6) is -0.159. The van der Waals surface area contributed by atoms with Gasteiger partial charge < -0.3 is 4.74 Å². The number of aromatic nitrogens is 2. The van der Waals surface area contributed by atoms with Gasteiger partial charge >= 0.3 is 5.97 Å². The van der Waals surface area contributed by atoms with E-state index >= 15 is 0 Å². The molecule has 4 nitrogen and oxygen atoms in total. The van der Waals surface area contributed by atoms with Crippen molar-refractivity contribution in [3.8, 4) is 0 Å². The van der Waals surface area contributed by atoms with Crippen LogP contribution < -0.4 is 0 Å². The normalized spacial score (nSPS) is 10.3. The first kappa shape index (κ1) is 12.0. The van der Waals surface area contributed by atoms with Crippen LogP contribution in [0.15, 0.2) is 6.20 Å². The molecule has 0 aliphatic carbocycles. The lowest BCUT2D eigenvalue weighted by Crippen LogP contribution is -2.07. The van der Waals surface area contributed by atoms with Gasteiger partial charge in [-0.05, 0) is 20.3 Å². The second-order valence-corrected chi connectivity index (χ2v) is 3.62. The molecular formula is C10H15ClN2O2. The number of nitrogens with zero attached hydrogens (tertiary/aromatic N) is 2. The summed E-state index contributed by atoms with van der Waals surface area (Å²) in [6.07, 6.45) is 2.75. The molecule has 0 radical (unpaired) electrons. The third-order valence-corrected chi connectivity index (χ3v) is 2.47. The van der Waals surface area contributed by atoms with E-state index in [0.29, 0.717) is 24.6 Å². The Balaban J connectivity index is 2.32. The molecule has 0 unspecified atom stereocenters. The highest BCUT2D eigenvalue weighted by Crippen LogP contribution is 2.13. The van der Waals surface area contributed by atoms with Gasteiger partial charge in [0.1, 0.15) is 0 Å². The summed E-state index contributed by atoms with van der Waals surface area (Å²) in [4.78, 5) is 11.0. The Hall–Kier alpha value is -1.03. The molecule has 0 saturated carbocycles. The molecule has 0 atom stereocenters. The molecule has 0 spiro atoms. The number of rotatable bonds is 5. The lowest BCUT2D eigenvalue weighted by Gasteiger charge is -2.04. The van der Waals surface area contributed by atoms with Crippen molar-refractivity contribution in [1.29, 1.82) is 0 Å². The van der Waals surface area contributed by atoms with Crippen molar-refractivity contribution in [2.75, 3.05) is 6.61 Å². The largest absolute Gasteiger partial charge is 0.466 e. The van der Waals surface area contributed by atoms with Crippen molar-refractivity contribution in [2.24, 2.45) is 0 Å². The van der Waals surface area contributed by atoms with Crippen LogP contribution in [0, 0.1) is 6.92 Å². The predicted octanol–water partition coefficient (Wildman–Crippen LogP) is 2.19. The molecule has 0 aliphatic heterocycles. The van der Waals surface area contributed by atoms with Crippen molar-refractivity contribution < 1.29 is 9.53 Å². The zero-order chi connectivity index (χ0) is 11.3. The second-order valence-electron chi connectivity index (χ2n) is 3.21. The average molecular weight is 231 g/mol. The highest BCUT2D eigenvalue weighted by Gasteiger charge is 2.05. The van der Waals surface area contributed by atoms with Crippen LogP contribution in [-0.4, -0.2) is 22.4 Å². The minimum atomic E-state index is -0.159. The smallest absolute Gasteiger partial charge is 0.305 e. The molecule has 0 saturated heterocycles. The van der Waals surface area contributed by atoms with E-state index in [1.54, 1.807) is 17.8 Å². The maximum absolute atomic E-state index is 11.0. The van der Waals surface area contributed by atoms with E-state index in [2.05, 4.69) is 5.10 Å². The zero-order valence-electron chi connectivity index (χ0n) is 8.99.